The number of fused-ring (bicyclic) bond motifs is 2. The van der Waals surface area contributed by atoms with Crippen LogP contribution in [0.4, 0.5) is 11.5 Å². The topological polar surface area (TPSA) is 76.2 Å². The van der Waals surface area contributed by atoms with E-state index in [1.165, 1.54) is 25.7 Å². The molecule has 3 N–H and O–H groups in total. The minimum atomic E-state index is 0. The van der Waals surface area contributed by atoms with E-state index in [1.54, 1.807) is 18.1 Å². The molecule has 1 aliphatic heterocycles. The van der Waals surface area contributed by atoms with Crippen LogP contribution < -0.4 is 11.1 Å². The third-order valence-corrected chi connectivity index (χ3v) is 5.87. The minimum Gasteiger partial charge on any atom is -0.401 e. The van der Waals surface area contributed by atoms with Crippen LogP contribution in [0.5, 0.6) is 0 Å². The summed E-state index contributed by atoms with van der Waals surface area (Å²) in [6, 6.07) is 0. The summed E-state index contributed by atoms with van der Waals surface area (Å²) in [7, 11) is 0. The number of hydrogen-bond acceptors (Lipinski definition) is 6. The van der Waals surface area contributed by atoms with Gasteiger partial charge < -0.3 is 11.1 Å². The summed E-state index contributed by atoms with van der Waals surface area (Å²) >= 11 is 1.65. The van der Waals surface area contributed by atoms with Crippen LogP contribution in [-0.2, 0) is 0 Å². The van der Waals surface area contributed by atoms with Crippen molar-refractivity contribution in [2.24, 2.45) is 16.1 Å². The molecule has 26 heavy (non-hydrogen) atoms. The van der Waals surface area contributed by atoms with Gasteiger partial charge >= 0.3 is 0 Å². The number of aliphatic imine (C=N–C) groups is 1. The Labute approximate surface area is 171 Å². The van der Waals surface area contributed by atoms with Crippen LogP contribution >= 0.6 is 28.7 Å². The summed E-state index contributed by atoms with van der Waals surface area (Å²) in [5.74, 6) is 0.849. The molecule has 0 spiro atoms. The van der Waals surface area contributed by atoms with Gasteiger partial charge in [0.2, 0.25) is 0 Å². The van der Waals surface area contributed by atoms with E-state index in [1.807, 2.05) is 0 Å². The van der Waals surface area contributed by atoms with Crippen molar-refractivity contribution < 1.29 is 0 Å². The second-order valence-electron chi connectivity index (χ2n) is 7.75. The lowest BCUT2D eigenvalue weighted by molar-refractivity contribution is 0.371. The molecule has 7 heteroatoms. The van der Waals surface area contributed by atoms with Gasteiger partial charge in [-0.15, -0.1) is 17.0 Å². The van der Waals surface area contributed by atoms with E-state index in [2.05, 4.69) is 36.1 Å². The average Bonchev–Trinajstić information content (AvgIpc) is 2.56. The van der Waals surface area contributed by atoms with Gasteiger partial charge in [-0.05, 0) is 24.7 Å². The molecule has 3 rings (SSSR count). The highest BCUT2D eigenvalue weighted by molar-refractivity contribution is 8.93. The molecule has 0 saturated carbocycles. The molecule has 5 nitrogen and oxygen atoms in total. The van der Waals surface area contributed by atoms with Crippen molar-refractivity contribution in [2.75, 3.05) is 11.9 Å². The van der Waals surface area contributed by atoms with E-state index in [0.29, 0.717) is 0 Å². The molecule has 1 aromatic rings. The van der Waals surface area contributed by atoms with Crippen LogP contribution in [0, 0.1) is 5.41 Å². The maximum Gasteiger partial charge on any atom is 0.156 e. The van der Waals surface area contributed by atoms with Gasteiger partial charge in [0.25, 0.3) is 0 Å². The van der Waals surface area contributed by atoms with Gasteiger partial charge in [0.05, 0.1) is 10.6 Å². The Morgan fingerprint density at radius 1 is 1.15 bits per heavy atom. The number of hydrogen-bond donors (Lipinski definition) is 2. The van der Waals surface area contributed by atoms with Crippen molar-refractivity contribution in [1.82, 2.24) is 9.97 Å². The first-order valence-corrected chi connectivity index (χ1v) is 10.1. The zero-order valence-corrected chi connectivity index (χ0v) is 18.5. The first-order valence-electron chi connectivity index (χ1n) is 9.33. The normalized spacial score (nSPS) is 17.7. The number of nitrogens with two attached hydrogens (primary N) is 1. The lowest BCUT2D eigenvalue weighted by atomic mass is 9.78. The number of thioether (sulfide) groups is 1. The molecule has 0 saturated heterocycles. The zero-order valence-electron chi connectivity index (χ0n) is 16.0. The third kappa shape index (κ3) is 5.00. The number of rotatable bonds is 7. The van der Waals surface area contributed by atoms with Gasteiger partial charge in [0, 0.05) is 12.2 Å². The van der Waals surface area contributed by atoms with E-state index in [9.17, 15) is 0 Å². The van der Waals surface area contributed by atoms with E-state index < -0.39 is 0 Å². The van der Waals surface area contributed by atoms with Gasteiger partial charge in [-0.25, -0.2) is 15.0 Å². The molecule has 2 heterocycles. The van der Waals surface area contributed by atoms with Gasteiger partial charge in [-0.2, -0.15) is 0 Å². The van der Waals surface area contributed by atoms with Crippen molar-refractivity contribution in [1.29, 1.82) is 0 Å². The van der Waals surface area contributed by atoms with E-state index in [0.717, 1.165) is 58.7 Å². The maximum absolute atomic E-state index is 6.32. The highest BCUT2D eigenvalue weighted by Gasteiger charge is 2.34. The summed E-state index contributed by atoms with van der Waals surface area (Å²) in [4.78, 5) is 14.9. The molecule has 0 amide bonds. The molecule has 0 aromatic carbocycles. The molecule has 1 aliphatic carbocycles. The highest BCUT2D eigenvalue weighted by Crippen LogP contribution is 2.48. The molecule has 0 bridgehead atoms. The minimum absolute atomic E-state index is 0. The van der Waals surface area contributed by atoms with Gasteiger partial charge in [0.1, 0.15) is 17.0 Å². The summed E-state index contributed by atoms with van der Waals surface area (Å²) < 4.78 is 0. The Morgan fingerprint density at radius 3 is 2.69 bits per heavy atom. The zero-order chi connectivity index (χ0) is 17.9. The molecule has 0 atom stereocenters. The molecular weight excluding hydrogens is 410 g/mol. The molecule has 2 aliphatic rings. The first kappa shape index (κ1) is 21.2. The highest BCUT2D eigenvalue weighted by atomic mass is 79.9. The Hall–Kier alpha value is -1.08. The fourth-order valence-corrected chi connectivity index (χ4v) is 4.40. The van der Waals surface area contributed by atoms with E-state index in [4.69, 9.17) is 10.7 Å². The van der Waals surface area contributed by atoms with Crippen LogP contribution in [-0.4, -0.2) is 22.2 Å². The fourth-order valence-electron chi connectivity index (χ4n) is 3.43. The van der Waals surface area contributed by atoms with Crippen molar-refractivity contribution >= 4 is 46.0 Å². The van der Waals surface area contributed by atoms with Crippen molar-refractivity contribution in [2.45, 2.75) is 70.7 Å². The summed E-state index contributed by atoms with van der Waals surface area (Å²) in [5, 5.41) is 4.37. The summed E-state index contributed by atoms with van der Waals surface area (Å²) in [6.45, 7) is 7.66. The van der Waals surface area contributed by atoms with Gasteiger partial charge in [-0.3, -0.25) is 0 Å². The van der Waals surface area contributed by atoms with Gasteiger partial charge in [0.15, 0.2) is 5.82 Å². The fraction of sp³-hybridized carbons (Fsp3) is 0.632. The lowest BCUT2D eigenvalue weighted by Gasteiger charge is -2.34. The van der Waals surface area contributed by atoms with E-state index >= 15 is 0 Å². The predicted molar refractivity (Wildman–Crippen MR) is 117 cm³/mol. The van der Waals surface area contributed by atoms with E-state index in [-0.39, 0.29) is 22.4 Å². The molecular formula is C19H30BrN5S. The second-order valence-corrected chi connectivity index (χ2v) is 8.75. The molecule has 0 radical (unpaired) electrons. The standard InChI is InChI=1S/C19H29N5S.BrH/c1-4-5-6-7-8-9-21-17-15-18(23-12-22-17)25-16-13(20)10-19(2,3)11-14(16)24-15;/h12H,4-11,20H2,1-3H3,(H,21,22,23);1H. The number of halogens is 1. The largest absolute Gasteiger partial charge is 0.401 e. The van der Waals surface area contributed by atoms with Crippen LogP contribution in [0.3, 0.4) is 0 Å². The maximum atomic E-state index is 6.32. The number of aromatic nitrogens is 2. The Kier molecular flexibility index (Phi) is 7.52. The molecule has 1 aromatic heterocycles. The molecule has 0 fully saturated rings. The first-order chi connectivity index (χ1) is 12.0. The van der Waals surface area contributed by atoms with Crippen LogP contribution in [0.25, 0.3) is 0 Å². The second kappa shape index (κ2) is 9.22. The SMILES string of the molecule is Br.CCCCCCCNc1ncnc2c1N=C1CC(C)(C)CC(N)=C1S2. The Balaban J connectivity index is 0.00000243. The number of nitrogens with one attached hydrogen (secondary N) is 1. The monoisotopic (exact) mass is 439 g/mol. The Bertz CT molecular complexity index is 699. The number of anilines is 1. The average molecular weight is 440 g/mol. The molecule has 0 unspecified atom stereocenters. The summed E-state index contributed by atoms with van der Waals surface area (Å²) in [6.07, 6.45) is 9.80. The summed E-state index contributed by atoms with van der Waals surface area (Å²) in [5.41, 5.74) is 9.39. The lowest BCUT2D eigenvalue weighted by Crippen LogP contribution is -2.28. The van der Waals surface area contributed by atoms with Crippen molar-refractivity contribution in [3.8, 4) is 0 Å². The predicted octanol–water partition coefficient (Wildman–Crippen LogP) is 5.61. The van der Waals surface area contributed by atoms with Gasteiger partial charge in [-0.1, -0.05) is 58.2 Å². The number of allylic oxidation sites excluding steroid dienone is 2. The van der Waals surface area contributed by atoms with Crippen LogP contribution in [0.15, 0.2) is 26.9 Å². The van der Waals surface area contributed by atoms with Crippen LogP contribution in [0.1, 0.15) is 65.7 Å². The Morgan fingerprint density at radius 2 is 1.92 bits per heavy atom. The quantitative estimate of drug-likeness (QED) is 0.426. The number of unbranched alkanes of at least 4 members (excludes halogenated alkanes) is 4. The smallest absolute Gasteiger partial charge is 0.156 e. The van der Waals surface area contributed by atoms with Crippen LogP contribution in [0.2, 0.25) is 0 Å². The number of nitrogens with zero attached hydrogens (tertiary/aromatic N) is 3. The third-order valence-electron chi connectivity index (χ3n) is 4.68. The molecule has 144 valence electrons. The van der Waals surface area contributed by atoms with Crippen molar-refractivity contribution in [3.05, 3.63) is 16.9 Å². The van der Waals surface area contributed by atoms with Crippen molar-refractivity contribution in [3.63, 3.8) is 0 Å².